The van der Waals surface area contributed by atoms with Crippen LogP contribution in [0.15, 0.2) is 24.3 Å². The van der Waals surface area contributed by atoms with Crippen molar-refractivity contribution in [3.05, 3.63) is 24.3 Å². The maximum Gasteiger partial charge on any atom is 0.187 e. The van der Waals surface area contributed by atoms with Crippen molar-refractivity contribution in [3.8, 4) is 0 Å². The quantitative estimate of drug-likeness (QED) is 0.794. The molecule has 0 spiro atoms. The van der Waals surface area contributed by atoms with Gasteiger partial charge in [-0.1, -0.05) is 51.2 Å². The van der Waals surface area contributed by atoms with E-state index >= 15 is 0 Å². The average Bonchev–Trinajstić information content (AvgIpc) is 2.67. The molecule has 2 aromatic rings. The van der Waals surface area contributed by atoms with Crippen molar-refractivity contribution < 1.29 is 0 Å². The maximum absolute atomic E-state index is 4.64. The Morgan fingerprint density at radius 1 is 1.12 bits per heavy atom. The lowest BCUT2D eigenvalue weighted by Gasteiger charge is -2.25. The highest BCUT2D eigenvalue weighted by Gasteiger charge is 2.18. The first-order chi connectivity index (χ1) is 8.08. The third-order valence-electron chi connectivity index (χ3n) is 2.63. The Morgan fingerprint density at radius 2 is 1.76 bits per heavy atom. The molecule has 0 bridgehead atoms. The molecule has 1 heterocycles. The van der Waals surface area contributed by atoms with Crippen LogP contribution in [0.2, 0.25) is 0 Å². The summed E-state index contributed by atoms with van der Waals surface area (Å²) in [6.07, 6.45) is 0. The molecule has 2 nitrogen and oxygen atoms in total. The molecule has 0 unspecified atom stereocenters. The van der Waals surface area contributed by atoms with Crippen molar-refractivity contribution in [1.82, 2.24) is 4.98 Å². The number of para-hydroxylation sites is 1. The molecule has 1 aromatic heterocycles. The molecule has 0 aliphatic rings. The highest BCUT2D eigenvalue weighted by molar-refractivity contribution is 7.61. The van der Waals surface area contributed by atoms with E-state index in [1.165, 1.54) is 4.70 Å². The molecule has 1 N–H and O–H groups in total. The van der Waals surface area contributed by atoms with Gasteiger partial charge in [0.15, 0.2) is 5.13 Å². The van der Waals surface area contributed by atoms with Crippen LogP contribution in [0.4, 0.5) is 5.13 Å². The molecule has 17 heavy (non-hydrogen) atoms. The smallest absolute Gasteiger partial charge is 0.187 e. The van der Waals surface area contributed by atoms with E-state index in [-0.39, 0.29) is 8.07 Å². The Labute approximate surface area is 108 Å². The Bertz CT molecular complexity index is 452. The van der Waals surface area contributed by atoms with Crippen LogP contribution in [-0.4, -0.2) is 16.3 Å². The largest absolute Gasteiger partial charge is 0.340 e. The summed E-state index contributed by atoms with van der Waals surface area (Å²) in [6, 6.07) is 8.31. The van der Waals surface area contributed by atoms with Crippen LogP contribution < -0.4 is 5.09 Å². The lowest BCUT2D eigenvalue weighted by atomic mass is 10.3. The number of hydrogen-bond acceptors (Lipinski definition) is 3. The van der Waals surface area contributed by atoms with Gasteiger partial charge in [-0.2, -0.15) is 0 Å². The van der Waals surface area contributed by atoms with Crippen LogP contribution in [-0.2, 0) is 0 Å². The number of aromatic nitrogens is 1. The third-order valence-corrected chi connectivity index (χ3v) is 6.43. The molecule has 0 saturated carbocycles. The molecule has 0 aliphatic heterocycles. The van der Waals surface area contributed by atoms with Crippen LogP contribution >= 0.6 is 19.4 Å². The van der Waals surface area contributed by atoms with Gasteiger partial charge in [-0.3, -0.25) is 0 Å². The van der Waals surface area contributed by atoms with Gasteiger partial charge in [0.05, 0.1) is 10.2 Å². The molecule has 0 atom stereocenters. The van der Waals surface area contributed by atoms with Gasteiger partial charge in [-0.05, 0) is 31.5 Å². The summed E-state index contributed by atoms with van der Waals surface area (Å²) in [4.78, 5) is 4.64. The van der Waals surface area contributed by atoms with Crippen LogP contribution in [0.1, 0.15) is 27.7 Å². The van der Waals surface area contributed by atoms with Crippen molar-refractivity contribution in [2.24, 2.45) is 0 Å². The Balaban J connectivity index is 2.22. The van der Waals surface area contributed by atoms with Crippen LogP contribution in [0.25, 0.3) is 10.2 Å². The van der Waals surface area contributed by atoms with Crippen LogP contribution in [0.3, 0.4) is 0 Å². The highest BCUT2D eigenvalue weighted by Crippen LogP contribution is 2.46. The summed E-state index contributed by atoms with van der Waals surface area (Å²) in [6.45, 7) is 9.14. The van der Waals surface area contributed by atoms with E-state index in [1.807, 2.05) is 6.07 Å². The Hall–Kier alpha value is -0.660. The fraction of sp³-hybridized carbons (Fsp3) is 0.462. The highest BCUT2D eigenvalue weighted by atomic mass is 32.1. The number of benzene rings is 1. The van der Waals surface area contributed by atoms with E-state index in [4.69, 9.17) is 0 Å². The fourth-order valence-corrected chi connectivity index (χ4v) is 5.08. The zero-order valence-electron chi connectivity index (χ0n) is 10.8. The minimum absolute atomic E-state index is 0.194. The van der Waals surface area contributed by atoms with Gasteiger partial charge in [0.1, 0.15) is 0 Å². The minimum Gasteiger partial charge on any atom is -0.340 e. The van der Waals surface area contributed by atoms with E-state index in [2.05, 4.69) is 56.0 Å². The zero-order chi connectivity index (χ0) is 12.4. The second-order valence-electron chi connectivity index (χ2n) is 4.69. The van der Waals surface area contributed by atoms with Gasteiger partial charge in [-0.25, -0.2) is 4.98 Å². The summed E-state index contributed by atoms with van der Waals surface area (Å²) in [5, 5.41) is 4.71. The van der Waals surface area contributed by atoms with Crippen molar-refractivity contribution >= 4 is 34.8 Å². The molecule has 2 rings (SSSR count). The standard InChI is InChI=1S/C13H19N2PS/c1-9(2)16(10(3)4)15-13-14-11-7-5-6-8-12(11)17-13/h5-10H,1-4H3,(H,14,15). The summed E-state index contributed by atoms with van der Waals surface area (Å²) in [7, 11) is -0.194. The second-order valence-corrected chi connectivity index (χ2v) is 8.83. The first kappa shape index (κ1) is 12.8. The lowest BCUT2D eigenvalue weighted by Crippen LogP contribution is -2.10. The number of nitrogens with zero attached hydrogens (tertiary/aromatic N) is 1. The van der Waals surface area contributed by atoms with Gasteiger partial charge in [0, 0.05) is 0 Å². The fourth-order valence-electron chi connectivity index (χ4n) is 1.88. The molecule has 0 fully saturated rings. The average molecular weight is 266 g/mol. The molecular formula is C13H19N2PS. The molecule has 4 heteroatoms. The summed E-state index contributed by atoms with van der Waals surface area (Å²) >= 11 is 1.75. The summed E-state index contributed by atoms with van der Waals surface area (Å²) in [5.41, 5.74) is 2.46. The van der Waals surface area contributed by atoms with E-state index in [9.17, 15) is 0 Å². The zero-order valence-corrected chi connectivity index (χ0v) is 12.5. The molecular weight excluding hydrogens is 247 g/mol. The van der Waals surface area contributed by atoms with Gasteiger partial charge < -0.3 is 5.09 Å². The molecule has 1 aromatic carbocycles. The van der Waals surface area contributed by atoms with Crippen molar-refractivity contribution in [2.45, 2.75) is 39.0 Å². The monoisotopic (exact) mass is 266 g/mol. The third kappa shape index (κ3) is 2.97. The molecule has 0 aliphatic carbocycles. The Morgan fingerprint density at radius 3 is 2.35 bits per heavy atom. The van der Waals surface area contributed by atoms with Crippen molar-refractivity contribution in [3.63, 3.8) is 0 Å². The van der Waals surface area contributed by atoms with Gasteiger partial charge in [0.2, 0.25) is 0 Å². The molecule has 92 valence electrons. The van der Waals surface area contributed by atoms with E-state index in [0.29, 0.717) is 11.3 Å². The molecule has 0 amide bonds. The molecule has 0 saturated heterocycles. The van der Waals surface area contributed by atoms with Crippen LogP contribution in [0, 0.1) is 0 Å². The van der Waals surface area contributed by atoms with Gasteiger partial charge >= 0.3 is 0 Å². The predicted molar refractivity (Wildman–Crippen MR) is 80.4 cm³/mol. The maximum atomic E-state index is 4.64. The second kappa shape index (κ2) is 5.32. The van der Waals surface area contributed by atoms with Gasteiger partial charge in [0.25, 0.3) is 0 Å². The lowest BCUT2D eigenvalue weighted by molar-refractivity contribution is 1.01. The van der Waals surface area contributed by atoms with E-state index < -0.39 is 0 Å². The number of anilines is 1. The number of thiazole rings is 1. The molecule has 0 radical (unpaired) electrons. The van der Waals surface area contributed by atoms with Crippen LogP contribution in [0.5, 0.6) is 0 Å². The Kier molecular flexibility index (Phi) is 4.01. The van der Waals surface area contributed by atoms with Crippen molar-refractivity contribution in [1.29, 1.82) is 0 Å². The SMILES string of the molecule is CC(C)P(Nc1nc2ccccc2s1)C(C)C. The van der Waals surface area contributed by atoms with Gasteiger partial charge in [-0.15, -0.1) is 0 Å². The van der Waals surface area contributed by atoms with Crippen molar-refractivity contribution in [2.75, 3.05) is 5.09 Å². The summed E-state index contributed by atoms with van der Waals surface area (Å²) < 4.78 is 1.26. The van der Waals surface area contributed by atoms with E-state index in [0.717, 1.165) is 10.6 Å². The predicted octanol–water partition coefficient (Wildman–Crippen LogP) is 4.92. The van der Waals surface area contributed by atoms with E-state index in [1.54, 1.807) is 11.3 Å². The minimum atomic E-state index is -0.194. The topological polar surface area (TPSA) is 24.9 Å². The normalized spacial score (nSPS) is 11.9. The number of hydrogen-bond donors (Lipinski definition) is 1. The first-order valence-electron chi connectivity index (χ1n) is 5.98. The number of nitrogens with one attached hydrogen (secondary N) is 1. The number of rotatable bonds is 4. The number of fused-ring (bicyclic) bond motifs is 1. The summed E-state index contributed by atoms with van der Waals surface area (Å²) in [5.74, 6) is 0. The first-order valence-corrected chi connectivity index (χ1v) is 8.28.